The Morgan fingerprint density at radius 3 is 2.65 bits per heavy atom. The molecule has 1 fully saturated rings. The maximum absolute atomic E-state index is 12.6. The van der Waals surface area contributed by atoms with Crippen LogP contribution in [-0.4, -0.2) is 39.4 Å². The van der Waals surface area contributed by atoms with Crippen molar-refractivity contribution in [1.29, 1.82) is 0 Å². The summed E-state index contributed by atoms with van der Waals surface area (Å²) in [5.74, 6) is 0.886. The molecule has 0 unspecified atom stereocenters. The van der Waals surface area contributed by atoms with Crippen LogP contribution < -0.4 is 5.32 Å². The van der Waals surface area contributed by atoms with E-state index in [1.54, 1.807) is 22.2 Å². The van der Waals surface area contributed by atoms with E-state index >= 15 is 0 Å². The van der Waals surface area contributed by atoms with Crippen molar-refractivity contribution in [3.8, 4) is 0 Å². The summed E-state index contributed by atoms with van der Waals surface area (Å²) in [6.45, 7) is 3.81. The second kappa shape index (κ2) is 6.72. The predicted molar refractivity (Wildman–Crippen MR) is 93.9 cm³/mol. The maximum atomic E-state index is 12.6. The minimum absolute atomic E-state index is 0.112. The predicted octanol–water partition coefficient (Wildman–Crippen LogP) is 2.91. The molecule has 3 rings (SSSR count). The third-order valence-electron chi connectivity index (χ3n) is 3.70. The largest absolute Gasteiger partial charge is 0.324 e. The molecule has 2 amide bonds. The van der Waals surface area contributed by atoms with Crippen molar-refractivity contribution in [3.63, 3.8) is 0 Å². The van der Waals surface area contributed by atoms with E-state index < -0.39 is 6.04 Å². The number of anilines is 1. The first kappa shape index (κ1) is 16.0. The van der Waals surface area contributed by atoms with Crippen LogP contribution in [0.2, 0.25) is 0 Å². The van der Waals surface area contributed by atoms with Gasteiger partial charge in [-0.05, 0) is 26.0 Å². The highest BCUT2D eigenvalue weighted by atomic mass is 32.2. The number of hydrogen-bond donors (Lipinski definition) is 1. The maximum Gasteiger partial charge on any atom is 0.267 e. The molecule has 1 atom stereocenters. The zero-order chi connectivity index (χ0) is 16.4. The van der Waals surface area contributed by atoms with Crippen molar-refractivity contribution >= 4 is 40.6 Å². The van der Waals surface area contributed by atoms with Crippen LogP contribution >= 0.6 is 23.1 Å². The van der Waals surface area contributed by atoms with E-state index in [-0.39, 0.29) is 11.8 Å². The van der Waals surface area contributed by atoms with Crippen LogP contribution in [0.5, 0.6) is 0 Å². The number of rotatable bonds is 3. The molecule has 1 aliphatic heterocycles. The second-order valence-corrected chi connectivity index (χ2v) is 7.27. The van der Waals surface area contributed by atoms with Crippen LogP contribution in [0.15, 0.2) is 29.8 Å². The van der Waals surface area contributed by atoms with Gasteiger partial charge in [0.25, 0.3) is 5.91 Å². The molecule has 1 aliphatic rings. The van der Waals surface area contributed by atoms with Crippen LogP contribution in [0.4, 0.5) is 5.69 Å². The third-order valence-corrected chi connectivity index (χ3v) is 5.63. The SMILES string of the molecule is Cc1ccc(NC(=O)[C@@H]2CSCN2C(=O)c2scnc2C)cc1. The molecule has 1 N–H and O–H groups in total. The van der Waals surface area contributed by atoms with Crippen LogP contribution in [0, 0.1) is 13.8 Å². The molecule has 1 aromatic heterocycles. The minimum atomic E-state index is -0.449. The summed E-state index contributed by atoms with van der Waals surface area (Å²) in [5, 5.41) is 2.90. The zero-order valence-electron chi connectivity index (χ0n) is 12.9. The lowest BCUT2D eigenvalue weighted by Gasteiger charge is -2.22. The summed E-state index contributed by atoms with van der Waals surface area (Å²) in [6.07, 6.45) is 0. The normalized spacial score (nSPS) is 17.3. The Labute approximate surface area is 143 Å². The Morgan fingerprint density at radius 1 is 1.26 bits per heavy atom. The number of aryl methyl sites for hydroxylation is 2. The molecule has 1 aromatic carbocycles. The summed E-state index contributed by atoms with van der Waals surface area (Å²) < 4.78 is 0. The Bertz CT molecular complexity index is 727. The third kappa shape index (κ3) is 3.40. The first-order valence-corrected chi connectivity index (χ1v) is 9.26. The van der Waals surface area contributed by atoms with Gasteiger partial charge in [-0.1, -0.05) is 17.7 Å². The van der Waals surface area contributed by atoms with E-state index in [1.807, 2.05) is 38.1 Å². The topological polar surface area (TPSA) is 62.3 Å². The lowest BCUT2D eigenvalue weighted by molar-refractivity contribution is -0.119. The highest BCUT2D eigenvalue weighted by Gasteiger charge is 2.36. The first-order chi connectivity index (χ1) is 11.1. The number of carbonyl (C=O) groups excluding carboxylic acids is 2. The van der Waals surface area contributed by atoms with Crippen LogP contribution in [0.25, 0.3) is 0 Å². The zero-order valence-corrected chi connectivity index (χ0v) is 14.5. The van der Waals surface area contributed by atoms with Crippen molar-refractivity contribution < 1.29 is 9.59 Å². The van der Waals surface area contributed by atoms with E-state index in [1.165, 1.54) is 11.3 Å². The quantitative estimate of drug-likeness (QED) is 0.927. The number of amides is 2. The molecule has 0 spiro atoms. The summed E-state index contributed by atoms with van der Waals surface area (Å²) >= 11 is 2.91. The summed E-state index contributed by atoms with van der Waals surface area (Å²) in [6, 6.07) is 7.19. The summed E-state index contributed by atoms with van der Waals surface area (Å²) in [7, 11) is 0. The standard InChI is InChI=1S/C16H17N3O2S2/c1-10-3-5-12(6-4-10)18-15(20)13-7-22-9-19(13)16(21)14-11(2)17-8-23-14/h3-6,8,13H,7,9H2,1-2H3,(H,18,20)/t13-/m0/s1. The number of carbonyl (C=O) groups is 2. The number of thioether (sulfide) groups is 1. The highest BCUT2D eigenvalue weighted by molar-refractivity contribution is 7.99. The number of aromatic nitrogens is 1. The monoisotopic (exact) mass is 347 g/mol. The summed E-state index contributed by atoms with van der Waals surface area (Å²) in [4.78, 5) is 31.5. The van der Waals surface area contributed by atoms with Crippen molar-refractivity contribution in [2.24, 2.45) is 0 Å². The van der Waals surface area contributed by atoms with E-state index in [0.717, 1.165) is 16.9 Å². The molecule has 0 saturated carbocycles. The van der Waals surface area contributed by atoms with Crippen LogP contribution in [0.1, 0.15) is 20.9 Å². The van der Waals surface area contributed by atoms with Gasteiger partial charge in [-0.25, -0.2) is 4.98 Å². The fraction of sp³-hybridized carbons (Fsp3) is 0.312. The van der Waals surface area contributed by atoms with Crippen molar-refractivity contribution in [2.75, 3.05) is 16.9 Å². The molecule has 0 radical (unpaired) electrons. The van der Waals surface area contributed by atoms with Crippen molar-refractivity contribution in [1.82, 2.24) is 9.88 Å². The van der Waals surface area contributed by atoms with Gasteiger partial charge in [0.05, 0.1) is 17.1 Å². The van der Waals surface area contributed by atoms with Crippen molar-refractivity contribution in [2.45, 2.75) is 19.9 Å². The Morgan fingerprint density at radius 2 is 2.00 bits per heavy atom. The van der Waals surface area contributed by atoms with Crippen LogP contribution in [-0.2, 0) is 4.79 Å². The fourth-order valence-corrected chi connectivity index (χ4v) is 4.27. The van der Waals surface area contributed by atoms with E-state index in [0.29, 0.717) is 16.5 Å². The Balaban J connectivity index is 1.73. The Kier molecular flexibility index (Phi) is 4.68. The second-order valence-electron chi connectivity index (χ2n) is 5.41. The molecule has 7 heteroatoms. The summed E-state index contributed by atoms with van der Waals surface area (Å²) in [5.41, 5.74) is 4.26. The first-order valence-electron chi connectivity index (χ1n) is 7.22. The van der Waals surface area contributed by atoms with Gasteiger partial charge in [0.15, 0.2) is 0 Å². The van der Waals surface area contributed by atoms with Gasteiger partial charge in [0, 0.05) is 11.4 Å². The molecular formula is C16H17N3O2S2. The number of hydrogen-bond acceptors (Lipinski definition) is 5. The fourth-order valence-electron chi connectivity index (χ4n) is 2.36. The van der Waals surface area contributed by atoms with Gasteiger partial charge >= 0.3 is 0 Å². The minimum Gasteiger partial charge on any atom is -0.324 e. The van der Waals surface area contributed by atoms with Gasteiger partial charge in [0.1, 0.15) is 10.9 Å². The Hall–Kier alpha value is -1.86. The average Bonchev–Trinajstić information content (AvgIpc) is 3.17. The molecule has 2 heterocycles. The van der Waals surface area contributed by atoms with Crippen molar-refractivity contribution in [3.05, 3.63) is 45.9 Å². The van der Waals surface area contributed by atoms with Gasteiger partial charge in [-0.2, -0.15) is 0 Å². The van der Waals surface area contributed by atoms with Gasteiger partial charge in [-0.3, -0.25) is 9.59 Å². The molecule has 2 aromatic rings. The van der Waals surface area contributed by atoms with Gasteiger partial charge in [-0.15, -0.1) is 23.1 Å². The van der Waals surface area contributed by atoms with E-state index in [9.17, 15) is 9.59 Å². The average molecular weight is 347 g/mol. The van der Waals surface area contributed by atoms with Gasteiger partial charge in [0.2, 0.25) is 5.91 Å². The molecule has 23 heavy (non-hydrogen) atoms. The molecule has 0 aliphatic carbocycles. The highest BCUT2D eigenvalue weighted by Crippen LogP contribution is 2.26. The number of nitrogens with zero attached hydrogens (tertiary/aromatic N) is 2. The van der Waals surface area contributed by atoms with Gasteiger partial charge < -0.3 is 10.2 Å². The lowest BCUT2D eigenvalue weighted by Crippen LogP contribution is -2.44. The molecular weight excluding hydrogens is 330 g/mol. The van der Waals surface area contributed by atoms with E-state index in [2.05, 4.69) is 10.3 Å². The molecule has 0 bridgehead atoms. The van der Waals surface area contributed by atoms with E-state index in [4.69, 9.17) is 0 Å². The molecule has 120 valence electrons. The molecule has 1 saturated heterocycles. The number of nitrogens with one attached hydrogen (secondary N) is 1. The number of benzene rings is 1. The lowest BCUT2D eigenvalue weighted by atomic mass is 10.2. The van der Waals surface area contributed by atoms with Crippen LogP contribution in [0.3, 0.4) is 0 Å². The number of thiazole rings is 1. The molecule has 5 nitrogen and oxygen atoms in total. The smallest absolute Gasteiger partial charge is 0.267 e.